The van der Waals surface area contributed by atoms with Gasteiger partial charge in [0, 0.05) is 22.4 Å². The Hall–Kier alpha value is -3.20. The Labute approximate surface area is 207 Å². The summed E-state index contributed by atoms with van der Waals surface area (Å²) in [6.45, 7) is 3.72. The van der Waals surface area contributed by atoms with Crippen molar-refractivity contribution in [1.82, 2.24) is 15.3 Å². The van der Waals surface area contributed by atoms with Crippen molar-refractivity contribution in [2.75, 3.05) is 4.72 Å². The number of benzene rings is 3. The number of aryl methyl sites for hydroxylation is 1. The smallest absolute Gasteiger partial charge is 0.264 e. The summed E-state index contributed by atoms with van der Waals surface area (Å²) in [5.74, 6) is -0.490. The van der Waals surface area contributed by atoms with Crippen LogP contribution >= 0.6 is 23.2 Å². The summed E-state index contributed by atoms with van der Waals surface area (Å²) >= 11 is 12.5. The predicted molar refractivity (Wildman–Crippen MR) is 134 cm³/mol. The molecule has 0 radical (unpaired) electrons. The van der Waals surface area contributed by atoms with E-state index < -0.39 is 22.0 Å². The molecule has 34 heavy (non-hydrogen) atoms. The molecule has 10 heteroatoms. The second-order valence-electron chi connectivity index (χ2n) is 7.70. The van der Waals surface area contributed by atoms with E-state index in [2.05, 4.69) is 20.0 Å². The average molecular weight is 515 g/mol. The molecule has 0 unspecified atom stereocenters. The number of hydrogen-bond acceptors (Lipinski definition) is 5. The van der Waals surface area contributed by atoms with Crippen LogP contribution in [0.2, 0.25) is 10.0 Å². The highest BCUT2D eigenvalue weighted by atomic mass is 35.5. The molecule has 0 bridgehead atoms. The normalized spacial score (nSPS) is 12.4. The molecule has 0 spiro atoms. The molecule has 7 nitrogen and oxygen atoms in total. The van der Waals surface area contributed by atoms with Crippen LogP contribution in [-0.2, 0) is 10.0 Å². The number of nitrogens with one attached hydrogen (secondary N) is 2. The van der Waals surface area contributed by atoms with E-state index in [4.69, 9.17) is 23.2 Å². The highest BCUT2D eigenvalue weighted by Crippen LogP contribution is 2.28. The number of halogens is 2. The van der Waals surface area contributed by atoms with Gasteiger partial charge in [-0.2, -0.15) is 0 Å². The zero-order chi connectivity index (χ0) is 24.5. The molecule has 1 atom stereocenters. The third kappa shape index (κ3) is 4.99. The number of amides is 1. The predicted octanol–water partition coefficient (Wildman–Crippen LogP) is 5.54. The summed E-state index contributed by atoms with van der Waals surface area (Å²) < 4.78 is 29.0. The number of carbonyl (C=O) groups excluding carboxylic acids is 1. The molecule has 0 fully saturated rings. The first-order chi connectivity index (χ1) is 16.2. The molecule has 0 aliphatic rings. The minimum absolute atomic E-state index is 0.0353. The lowest BCUT2D eigenvalue weighted by atomic mass is 10.1. The number of para-hydroxylation sites is 1. The Bertz CT molecular complexity index is 1500. The molecule has 3 aromatic carbocycles. The van der Waals surface area contributed by atoms with Gasteiger partial charge in [0.15, 0.2) is 0 Å². The zero-order valence-corrected chi connectivity index (χ0v) is 20.5. The van der Waals surface area contributed by atoms with Gasteiger partial charge in [0.05, 0.1) is 22.8 Å². The number of fused-ring (bicyclic) bond motifs is 1. The van der Waals surface area contributed by atoms with Gasteiger partial charge in [-0.05, 0) is 61.4 Å². The fraction of sp³-hybridized carbons (Fsp3) is 0.125. The molecule has 0 aliphatic carbocycles. The fourth-order valence-corrected chi connectivity index (χ4v) is 5.33. The Morgan fingerprint density at radius 3 is 2.53 bits per heavy atom. The minimum Gasteiger partial charge on any atom is -0.345 e. The second kappa shape index (κ2) is 9.58. The van der Waals surface area contributed by atoms with Crippen molar-refractivity contribution in [3.8, 4) is 0 Å². The average Bonchev–Trinajstić information content (AvgIpc) is 2.78. The lowest BCUT2D eigenvalue weighted by Gasteiger charge is -2.18. The molecule has 1 aromatic heterocycles. The standard InChI is InChI=1S/C24H20Cl2N4O3S/c1-14-6-8-17(19(26)12-14)15(2)29-24(31)18-9-7-16(25)13-21(18)30-34(32,33)22-5-3-4-20-23(22)28-11-10-27-20/h3-13,15,30H,1-2H3,(H,29,31)/t15-/m0/s1. The SMILES string of the molecule is Cc1ccc([C@H](C)NC(=O)c2ccc(Cl)cc2NS(=O)(=O)c2cccc3nccnc23)c(Cl)c1. The van der Waals surface area contributed by atoms with Crippen LogP contribution in [0.1, 0.15) is 34.5 Å². The summed E-state index contributed by atoms with van der Waals surface area (Å²) in [6.07, 6.45) is 2.89. The quantitative estimate of drug-likeness (QED) is 0.351. The molecule has 2 N–H and O–H groups in total. The Morgan fingerprint density at radius 2 is 1.76 bits per heavy atom. The van der Waals surface area contributed by atoms with Crippen LogP contribution in [0.4, 0.5) is 5.69 Å². The third-order valence-corrected chi connectivity index (χ3v) is 7.15. The minimum atomic E-state index is -4.12. The van der Waals surface area contributed by atoms with E-state index in [1.807, 2.05) is 25.1 Å². The van der Waals surface area contributed by atoms with E-state index >= 15 is 0 Å². The van der Waals surface area contributed by atoms with Gasteiger partial charge < -0.3 is 5.32 Å². The first-order valence-corrected chi connectivity index (χ1v) is 12.5. The van der Waals surface area contributed by atoms with Gasteiger partial charge in [-0.15, -0.1) is 0 Å². The molecule has 0 saturated carbocycles. The van der Waals surface area contributed by atoms with Gasteiger partial charge in [-0.25, -0.2) is 8.42 Å². The molecule has 0 saturated heterocycles. The van der Waals surface area contributed by atoms with Crippen molar-refractivity contribution in [2.24, 2.45) is 0 Å². The lowest BCUT2D eigenvalue weighted by Crippen LogP contribution is -2.28. The Morgan fingerprint density at radius 1 is 1.00 bits per heavy atom. The monoisotopic (exact) mass is 514 g/mol. The maximum absolute atomic E-state index is 13.3. The molecular weight excluding hydrogens is 495 g/mol. The molecule has 4 aromatic rings. The zero-order valence-electron chi connectivity index (χ0n) is 18.2. The second-order valence-corrected chi connectivity index (χ2v) is 10.2. The van der Waals surface area contributed by atoms with Crippen molar-refractivity contribution in [3.05, 3.63) is 93.7 Å². The van der Waals surface area contributed by atoms with Gasteiger partial charge in [0.1, 0.15) is 10.4 Å². The van der Waals surface area contributed by atoms with E-state index in [1.165, 1.54) is 36.7 Å². The van der Waals surface area contributed by atoms with Crippen LogP contribution in [0.3, 0.4) is 0 Å². The summed E-state index contributed by atoms with van der Waals surface area (Å²) in [4.78, 5) is 21.4. The third-order valence-electron chi connectivity index (χ3n) is 5.19. The van der Waals surface area contributed by atoms with Gasteiger partial charge in [-0.3, -0.25) is 19.5 Å². The number of sulfonamides is 1. The summed E-state index contributed by atoms with van der Waals surface area (Å²) in [5.41, 5.74) is 2.53. The number of anilines is 1. The van der Waals surface area contributed by atoms with Crippen LogP contribution in [0.25, 0.3) is 11.0 Å². The highest BCUT2D eigenvalue weighted by molar-refractivity contribution is 7.93. The van der Waals surface area contributed by atoms with Gasteiger partial charge in [-0.1, -0.05) is 41.4 Å². The van der Waals surface area contributed by atoms with Crippen molar-refractivity contribution < 1.29 is 13.2 Å². The summed E-state index contributed by atoms with van der Waals surface area (Å²) in [6, 6.07) is 14.2. The van der Waals surface area contributed by atoms with E-state index in [1.54, 1.807) is 19.1 Å². The molecule has 1 amide bonds. The largest absolute Gasteiger partial charge is 0.345 e. The summed E-state index contributed by atoms with van der Waals surface area (Å²) in [7, 11) is -4.12. The molecule has 1 heterocycles. The van der Waals surface area contributed by atoms with E-state index in [0.29, 0.717) is 10.5 Å². The summed E-state index contributed by atoms with van der Waals surface area (Å²) in [5, 5.41) is 3.66. The lowest BCUT2D eigenvalue weighted by molar-refractivity contribution is 0.0941. The van der Waals surface area contributed by atoms with Crippen LogP contribution in [0.5, 0.6) is 0 Å². The van der Waals surface area contributed by atoms with Crippen LogP contribution in [0, 0.1) is 6.92 Å². The maximum Gasteiger partial charge on any atom is 0.264 e. The highest BCUT2D eigenvalue weighted by Gasteiger charge is 2.23. The van der Waals surface area contributed by atoms with Crippen molar-refractivity contribution in [1.29, 1.82) is 0 Å². The van der Waals surface area contributed by atoms with Crippen molar-refractivity contribution >= 4 is 55.9 Å². The number of nitrogens with zero attached hydrogens (tertiary/aromatic N) is 2. The maximum atomic E-state index is 13.3. The van der Waals surface area contributed by atoms with E-state index in [9.17, 15) is 13.2 Å². The number of carbonyl (C=O) groups is 1. The Kier molecular flexibility index (Phi) is 6.74. The van der Waals surface area contributed by atoms with Crippen LogP contribution < -0.4 is 10.0 Å². The van der Waals surface area contributed by atoms with Gasteiger partial charge in [0.25, 0.3) is 15.9 Å². The first kappa shape index (κ1) is 23.9. The first-order valence-electron chi connectivity index (χ1n) is 10.2. The van der Waals surface area contributed by atoms with Crippen LogP contribution in [0.15, 0.2) is 71.9 Å². The fourth-order valence-electron chi connectivity index (χ4n) is 3.52. The Balaban J connectivity index is 1.66. The number of aromatic nitrogens is 2. The van der Waals surface area contributed by atoms with Crippen molar-refractivity contribution in [2.45, 2.75) is 24.8 Å². The number of rotatable bonds is 6. The molecule has 0 aliphatic heterocycles. The van der Waals surface area contributed by atoms with Gasteiger partial charge in [0.2, 0.25) is 0 Å². The molecular formula is C24H20Cl2N4O3S. The van der Waals surface area contributed by atoms with Crippen LogP contribution in [-0.4, -0.2) is 24.3 Å². The van der Waals surface area contributed by atoms with Crippen molar-refractivity contribution in [3.63, 3.8) is 0 Å². The van der Waals surface area contributed by atoms with Gasteiger partial charge >= 0.3 is 0 Å². The topological polar surface area (TPSA) is 101 Å². The number of hydrogen-bond donors (Lipinski definition) is 2. The molecule has 4 rings (SSSR count). The molecule has 174 valence electrons. The van der Waals surface area contributed by atoms with E-state index in [-0.39, 0.29) is 26.7 Å². The van der Waals surface area contributed by atoms with E-state index in [0.717, 1.165) is 11.1 Å².